The van der Waals surface area contributed by atoms with Gasteiger partial charge in [0.1, 0.15) is 5.69 Å². The fourth-order valence-corrected chi connectivity index (χ4v) is 1.84. The van der Waals surface area contributed by atoms with Gasteiger partial charge in [-0.05, 0) is 19.8 Å². The minimum atomic E-state index is -0.0794. The fraction of sp³-hybridized carbons (Fsp3) is 0.545. The van der Waals surface area contributed by atoms with E-state index in [2.05, 4.69) is 18.8 Å². The van der Waals surface area contributed by atoms with E-state index in [-0.39, 0.29) is 11.6 Å². The van der Waals surface area contributed by atoms with Gasteiger partial charge in [0.15, 0.2) is 0 Å². The zero-order chi connectivity index (χ0) is 11.4. The molecule has 0 fully saturated rings. The van der Waals surface area contributed by atoms with E-state index in [4.69, 9.17) is 12.2 Å². The molecule has 1 aromatic rings. The topological polar surface area (TPSA) is 34.9 Å². The van der Waals surface area contributed by atoms with Crippen LogP contribution in [0.15, 0.2) is 11.0 Å². The molecule has 0 aromatic carbocycles. The van der Waals surface area contributed by atoms with E-state index in [9.17, 15) is 4.79 Å². The molecular formula is C11H16N2OS. The van der Waals surface area contributed by atoms with Crippen molar-refractivity contribution in [2.24, 2.45) is 0 Å². The Morgan fingerprint density at radius 3 is 2.60 bits per heavy atom. The quantitative estimate of drug-likeness (QED) is 0.736. The van der Waals surface area contributed by atoms with Crippen molar-refractivity contribution in [2.45, 2.75) is 39.7 Å². The minimum absolute atomic E-state index is 0.0794. The molecule has 0 bridgehead atoms. The maximum Gasteiger partial charge on any atom is 0.277 e. The lowest BCUT2D eigenvalue weighted by Gasteiger charge is -2.16. The Kier molecular flexibility index (Phi) is 4.15. The third kappa shape index (κ3) is 2.50. The molecule has 1 rings (SSSR count). The Bertz CT molecular complexity index is 408. The zero-order valence-corrected chi connectivity index (χ0v) is 10.2. The molecule has 0 N–H and O–H groups in total. The molecule has 1 aromatic heterocycles. The normalized spacial score (nSPS) is 10.7. The van der Waals surface area contributed by atoms with Crippen LogP contribution in [-0.4, -0.2) is 14.9 Å². The molecule has 0 aliphatic heterocycles. The third-order valence-corrected chi connectivity index (χ3v) is 2.75. The van der Waals surface area contributed by atoms with E-state index in [1.54, 1.807) is 4.57 Å². The van der Waals surface area contributed by atoms with Gasteiger partial charge < -0.3 is 4.57 Å². The Hall–Kier alpha value is -1.03. The van der Waals surface area contributed by atoms with E-state index >= 15 is 0 Å². The molecule has 0 unspecified atom stereocenters. The summed E-state index contributed by atoms with van der Waals surface area (Å²) in [5.41, 5.74) is 1.12. The van der Waals surface area contributed by atoms with Gasteiger partial charge in [-0.15, -0.1) is 0 Å². The van der Waals surface area contributed by atoms with Crippen molar-refractivity contribution in [3.05, 3.63) is 27.9 Å². The van der Waals surface area contributed by atoms with Crippen molar-refractivity contribution in [3.63, 3.8) is 0 Å². The largest absolute Gasteiger partial charge is 0.309 e. The van der Waals surface area contributed by atoms with E-state index < -0.39 is 0 Å². The predicted molar refractivity (Wildman–Crippen MR) is 65.6 cm³/mol. The van der Waals surface area contributed by atoms with Crippen LogP contribution >= 0.6 is 12.2 Å². The summed E-state index contributed by atoms with van der Waals surface area (Å²) >= 11 is 4.78. The van der Waals surface area contributed by atoms with Gasteiger partial charge in [-0.25, -0.2) is 4.98 Å². The Morgan fingerprint density at radius 1 is 1.53 bits per heavy atom. The van der Waals surface area contributed by atoms with E-state index in [1.807, 2.05) is 13.1 Å². The number of aryl methyl sites for hydroxylation is 1. The van der Waals surface area contributed by atoms with Crippen LogP contribution in [0.1, 0.15) is 44.1 Å². The van der Waals surface area contributed by atoms with Gasteiger partial charge in [0.25, 0.3) is 5.56 Å². The van der Waals surface area contributed by atoms with E-state index in [0.717, 1.165) is 18.5 Å². The first kappa shape index (κ1) is 12.0. The molecule has 15 heavy (non-hydrogen) atoms. The van der Waals surface area contributed by atoms with Crippen LogP contribution in [0.25, 0.3) is 0 Å². The molecule has 82 valence electrons. The summed E-state index contributed by atoms with van der Waals surface area (Å²) in [5.74, 6) is 0. The lowest BCUT2D eigenvalue weighted by Crippen LogP contribution is -2.28. The molecule has 0 saturated heterocycles. The maximum atomic E-state index is 11.9. The van der Waals surface area contributed by atoms with Gasteiger partial charge in [-0.1, -0.05) is 26.1 Å². The fourth-order valence-electron chi connectivity index (χ4n) is 1.69. The summed E-state index contributed by atoms with van der Waals surface area (Å²) in [4.78, 5) is 16.0. The molecule has 0 radical (unpaired) electrons. The number of hydrogen-bond donors (Lipinski definition) is 0. The SMILES string of the molecule is CCC(CC)n1cc(C)nc(C=S)c1=O. The summed E-state index contributed by atoms with van der Waals surface area (Å²) in [5, 5.41) is 1.36. The van der Waals surface area contributed by atoms with Crippen LogP contribution in [-0.2, 0) is 0 Å². The number of hydrogen-bond acceptors (Lipinski definition) is 3. The highest BCUT2D eigenvalue weighted by Crippen LogP contribution is 2.12. The second kappa shape index (κ2) is 5.16. The summed E-state index contributed by atoms with van der Waals surface area (Å²) in [6.45, 7) is 6.03. The van der Waals surface area contributed by atoms with E-state index in [1.165, 1.54) is 5.37 Å². The lowest BCUT2D eigenvalue weighted by molar-refractivity contribution is 0.454. The lowest BCUT2D eigenvalue weighted by atomic mass is 10.1. The van der Waals surface area contributed by atoms with E-state index in [0.29, 0.717) is 5.69 Å². The first-order valence-electron chi connectivity index (χ1n) is 5.19. The zero-order valence-electron chi connectivity index (χ0n) is 9.36. The number of rotatable bonds is 4. The average Bonchev–Trinajstić information content (AvgIpc) is 2.24. The van der Waals surface area contributed by atoms with Gasteiger partial charge in [0.05, 0.1) is 5.69 Å². The standard InChI is InChI=1S/C11H16N2OS/c1-4-9(5-2)13-6-8(3)12-10(7-15)11(13)14/h6-7,9H,4-5H2,1-3H3. The predicted octanol–water partition coefficient (Wildman–Crippen LogP) is 2.26. The van der Waals surface area contributed by atoms with Crippen molar-refractivity contribution >= 4 is 17.6 Å². The molecule has 0 aliphatic rings. The second-order valence-corrected chi connectivity index (χ2v) is 3.80. The van der Waals surface area contributed by atoms with Gasteiger partial charge in [0.2, 0.25) is 0 Å². The van der Waals surface area contributed by atoms with Crippen molar-refractivity contribution in [2.75, 3.05) is 0 Å². The van der Waals surface area contributed by atoms with Gasteiger partial charge in [-0.2, -0.15) is 0 Å². The Balaban J connectivity index is 3.34. The summed E-state index contributed by atoms with van der Waals surface area (Å²) < 4.78 is 1.75. The maximum absolute atomic E-state index is 11.9. The molecule has 0 saturated carbocycles. The summed E-state index contributed by atoms with van der Waals surface area (Å²) in [6.07, 6.45) is 3.69. The third-order valence-electron chi connectivity index (χ3n) is 2.52. The van der Waals surface area contributed by atoms with Crippen LogP contribution in [0.5, 0.6) is 0 Å². The van der Waals surface area contributed by atoms with Gasteiger partial charge >= 0.3 is 0 Å². The number of nitrogens with zero attached hydrogens (tertiary/aromatic N) is 2. The molecule has 0 atom stereocenters. The van der Waals surface area contributed by atoms with Gasteiger partial charge in [0, 0.05) is 17.6 Å². The summed E-state index contributed by atoms with van der Waals surface area (Å²) in [6, 6.07) is 0.243. The second-order valence-electron chi connectivity index (χ2n) is 3.57. The molecule has 4 heteroatoms. The smallest absolute Gasteiger partial charge is 0.277 e. The monoisotopic (exact) mass is 224 g/mol. The van der Waals surface area contributed by atoms with Crippen molar-refractivity contribution in [3.8, 4) is 0 Å². The van der Waals surface area contributed by atoms with Crippen LogP contribution in [0.3, 0.4) is 0 Å². The first-order chi connectivity index (χ1) is 7.13. The highest BCUT2D eigenvalue weighted by Gasteiger charge is 2.11. The molecule has 3 nitrogen and oxygen atoms in total. The molecule has 0 spiro atoms. The van der Waals surface area contributed by atoms with Crippen molar-refractivity contribution in [1.29, 1.82) is 0 Å². The van der Waals surface area contributed by atoms with Crippen LogP contribution in [0.4, 0.5) is 0 Å². The molecule has 1 heterocycles. The first-order valence-corrected chi connectivity index (χ1v) is 5.66. The molecular weight excluding hydrogens is 208 g/mol. The van der Waals surface area contributed by atoms with Crippen molar-refractivity contribution < 1.29 is 0 Å². The highest BCUT2D eigenvalue weighted by atomic mass is 32.1. The van der Waals surface area contributed by atoms with Gasteiger partial charge in [-0.3, -0.25) is 4.79 Å². The van der Waals surface area contributed by atoms with Crippen LogP contribution in [0.2, 0.25) is 0 Å². The Labute approximate surface area is 95.2 Å². The Morgan fingerprint density at radius 2 is 2.13 bits per heavy atom. The highest BCUT2D eigenvalue weighted by molar-refractivity contribution is 7.79. The molecule has 0 amide bonds. The molecule has 0 aliphatic carbocycles. The number of aromatic nitrogens is 2. The van der Waals surface area contributed by atoms with Crippen LogP contribution in [0, 0.1) is 6.92 Å². The minimum Gasteiger partial charge on any atom is -0.309 e. The summed E-state index contributed by atoms with van der Waals surface area (Å²) in [7, 11) is 0. The number of thiocarbonyl (C=S) groups is 1. The average molecular weight is 224 g/mol. The van der Waals surface area contributed by atoms with Crippen molar-refractivity contribution in [1.82, 2.24) is 9.55 Å². The van der Waals surface area contributed by atoms with Crippen LogP contribution < -0.4 is 5.56 Å².